The summed E-state index contributed by atoms with van der Waals surface area (Å²) in [5, 5.41) is 10.9. The molecule has 1 heterocycles. The molecule has 1 amide bonds. The van der Waals surface area contributed by atoms with Crippen molar-refractivity contribution in [1.29, 1.82) is 0 Å². The largest absolute Gasteiger partial charge is 0.493 e. The highest BCUT2D eigenvalue weighted by molar-refractivity contribution is 7.98. The molecule has 0 aliphatic rings. The molecule has 2 aromatic carbocycles. The molecule has 162 valence electrons. The molecular formula is C21H21N3O5S2. The standard InChI is InChI=1S/C21H21N3O5S2/c1-28-17-12-16-19(13-18(17)29-2)31-21(23(16)9-10-30-3)22-20(25)8-7-14-5-4-6-15(11-14)24(26)27/h4-8,11-13H,9-10H2,1-3H3/b8-7+,22-21?. The van der Waals surface area contributed by atoms with Crippen LogP contribution in [-0.2, 0) is 11.3 Å². The summed E-state index contributed by atoms with van der Waals surface area (Å²) in [5.74, 6) is 1.62. The lowest BCUT2D eigenvalue weighted by Crippen LogP contribution is -2.17. The maximum absolute atomic E-state index is 12.5. The monoisotopic (exact) mass is 459 g/mol. The van der Waals surface area contributed by atoms with Crippen LogP contribution in [0.3, 0.4) is 0 Å². The number of aryl methyl sites for hydroxylation is 1. The Morgan fingerprint density at radius 1 is 1.26 bits per heavy atom. The Hall–Kier alpha value is -3.11. The van der Waals surface area contributed by atoms with Gasteiger partial charge >= 0.3 is 0 Å². The number of aromatic nitrogens is 1. The fourth-order valence-corrected chi connectivity index (χ4v) is 4.36. The molecule has 0 unspecified atom stereocenters. The highest BCUT2D eigenvalue weighted by Gasteiger charge is 2.13. The topological polar surface area (TPSA) is 96.0 Å². The number of non-ortho nitro benzene ring substituents is 1. The molecule has 1 aromatic heterocycles. The fourth-order valence-electron chi connectivity index (χ4n) is 2.92. The average molecular weight is 460 g/mol. The summed E-state index contributed by atoms with van der Waals surface area (Å²) in [7, 11) is 3.16. The van der Waals surface area contributed by atoms with Gasteiger partial charge in [0.25, 0.3) is 11.6 Å². The number of thioether (sulfide) groups is 1. The molecule has 0 spiro atoms. The van der Waals surface area contributed by atoms with Gasteiger partial charge in [-0.2, -0.15) is 16.8 Å². The maximum Gasteiger partial charge on any atom is 0.272 e. The van der Waals surface area contributed by atoms with Gasteiger partial charge in [-0.15, -0.1) is 0 Å². The Morgan fingerprint density at radius 3 is 2.68 bits per heavy atom. The second-order valence-corrected chi connectivity index (χ2v) is 8.33. The summed E-state index contributed by atoms with van der Waals surface area (Å²) >= 11 is 3.08. The lowest BCUT2D eigenvalue weighted by atomic mass is 10.2. The van der Waals surface area contributed by atoms with Crippen molar-refractivity contribution in [2.75, 3.05) is 26.2 Å². The molecule has 0 atom stereocenters. The molecule has 0 aliphatic carbocycles. The van der Waals surface area contributed by atoms with E-state index in [0.29, 0.717) is 28.4 Å². The van der Waals surface area contributed by atoms with Gasteiger partial charge in [0.1, 0.15) is 0 Å². The second kappa shape index (κ2) is 10.3. The molecule has 3 rings (SSSR count). The summed E-state index contributed by atoms with van der Waals surface area (Å²) in [4.78, 5) is 27.8. The van der Waals surface area contributed by atoms with Gasteiger partial charge in [-0.05, 0) is 17.9 Å². The Balaban J connectivity index is 2.00. The summed E-state index contributed by atoms with van der Waals surface area (Å²) in [6, 6.07) is 9.82. The lowest BCUT2D eigenvalue weighted by Gasteiger charge is -2.09. The summed E-state index contributed by atoms with van der Waals surface area (Å²) in [5.41, 5.74) is 1.43. The number of carbonyl (C=O) groups excluding carboxylic acids is 1. The highest BCUT2D eigenvalue weighted by Crippen LogP contribution is 2.33. The van der Waals surface area contributed by atoms with Gasteiger partial charge in [-0.3, -0.25) is 14.9 Å². The SMILES string of the molecule is COc1cc2sc(=NC(=O)/C=C/c3cccc([N+](=O)[O-])c3)n(CCSC)c2cc1OC. The molecule has 10 heteroatoms. The Labute approximate surface area is 187 Å². The molecular weight excluding hydrogens is 438 g/mol. The van der Waals surface area contributed by atoms with Gasteiger partial charge in [0, 0.05) is 42.6 Å². The van der Waals surface area contributed by atoms with E-state index in [4.69, 9.17) is 9.47 Å². The number of nitro benzene ring substituents is 1. The van der Waals surface area contributed by atoms with Gasteiger partial charge in [0.15, 0.2) is 16.3 Å². The van der Waals surface area contributed by atoms with Crippen LogP contribution in [0.1, 0.15) is 5.56 Å². The van der Waals surface area contributed by atoms with Crippen molar-refractivity contribution in [1.82, 2.24) is 4.57 Å². The minimum absolute atomic E-state index is 0.0335. The van der Waals surface area contributed by atoms with Crippen LogP contribution in [-0.4, -0.2) is 41.6 Å². The van der Waals surface area contributed by atoms with Crippen LogP contribution in [0.15, 0.2) is 47.5 Å². The molecule has 8 nitrogen and oxygen atoms in total. The first-order chi connectivity index (χ1) is 15.0. The van der Waals surface area contributed by atoms with Crippen molar-refractivity contribution in [3.63, 3.8) is 0 Å². The number of rotatable bonds is 8. The zero-order chi connectivity index (χ0) is 22.4. The Bertz CT molecular complexity index is 1210. The molecule has 3 aromatic rings. The van der Waals surface area contributed by atoms with Crippen molar-refractivity contribution < 1.29 is 19.2 Å². The van der Waals surface area contributed by atoms with Crippen molar-refractivity contribution in [2.24, 2.45) is 4.99 Å². The molecule has 0 bridgehead atoms. The van der Waals surface area contributed by atoms with E-state index in [9.17, 15) is 14.9 Å². The van der Waals surface area contributed by atoms with E-state index in [2.05, 4.69) is 4.99 Å². The summed E-state index contributed by atoms with van der Waals surface area (Å²) in [6.07, 6.45) is 4.84. The smallest absolute Gasteiger partial charge is 0.272 e. The van der Waals surface area contributed by atoms with Gasteiger partial charge in [-0.1, -0.05) is 23.5 Å². The Morgan fingerprint density at radius 2 is 2.00 bits per heavy atom. The predicted molar refractivity (Wildman–Crippen MR) is 124 cm³/mol. The zero-order valence-electron chi connectivity index (χ0n) is 17.2. The summed E-state index contributed by atoms with van der Waals surface area (Å²) < 4.78 is 13.7. The third-order valence-corrected chi connectivity index (χ3v) is 6.04. The van der Waals surface area contributed by atoms with E-state index in [-0.39, 0.29) is 5.69 Å². The predicted octanol–water partition coefficient (Wildman–Crippen LogP) is 4.13. The quantitative estimate of drug-likeness (QED) is 0.285. The van der Waals surface area contributed by atoms with E-state index in [1.54, 1.807) is 38.1 Å². The van der Waals surface area contributed by atoms with Gasteiger partial charge in [0.2, 0.25) is 0 Å². The van der Waals surface area contributed by atoms with Crippen LogP contribution >= 0.6 is 23.1 Å². The van der Waals surface area contributed by atoms with Crippen LogP contribution in [0, 0.1) is 10.1 Å². The normalized spacial score (nSPS) is 11.9. The zero-order valence-corrected chi connectivity index (χ0v) is 18.9. The minimum Gasteiger partial charge on any atom is -0.493 e. The van der Waals surface area contributed by atoms with Gasteiger partial charge in [0.05, 0.1) is 29.4 Å². The van der Waals surface area contributed by atoms with E-state index in [1.807, 2.05) is 23.0 Å². The number of carbonyl (C=O) groups is 1. The first kappa shape index (κ1) is 22.6. The number of fused-ring (bicyclic) bond motifs is 1. The van der Waals surface area contributed by atoms with E-state index in [0.717, 1.165) is 16.0 Å². The van der Waals surface area contributed by atoms with E-state index in [1.165, 1.54) is 35.6 Å². The molecule has 0 radical (unpaired) electrons. The second-order valence-electron chi connectivity index (χ2n) is 6.34. The summed E-state index contributed by atoms with van der Waals surface area (Å²) in [6.45, 7) is 0.678. The number of nitrogens with zero attached hydrogens (tertiary/aromatic N) is 3. The number of nitro groups is 1. The third-order valence-electron chi connectivity index (χ3n) is 4.41. The molecule has 0 N–H and O–H groups in total. The molecule has 0 aliphatic heterocycles. The molecule has 0 saturated heterocycles. The number of thiazole rings is 1. The van der Waals surface area contributed by atoms with Gasteiger partial charge < -0.3 is 14.0 Å². The van der Waals surface area contributed by atoms with Gasteiger partial charge in [-0.25, -0.2) is 0 Å². The lowest BCUT2D eigenvalue weighted by molar-refractivity contribution is -0.384. The number of ether oxygens (including phenoxy) is 2. The number of amides is 1. The average Bonchev–Trinajstić information content (AvgIpc) is 3.10. The van der Waals surface area contributed by atoms with Crippen LogP contribution < -0.4 is 14.3 Å². The molecule has 31 heavy (non-hydrogen) atoms. The van der Waals surface area contributed by atoms with E-state index < -0.39 is 10.8 Å². The number of benzene rings is 2. The van der Waals surface area contributed by atoms with Crippen molar-refractivity contribution >= 4 is 51.0 Å². The third kappa shape index (κ3) is 5.33. The Kier molecular flexibility index (Phi) is 7.48. The van der Waals surface area contributed by atoms with Crippen molar-refractivity contribution in [2.45, 2.75) is 6.54 Å². The van der Waals surface area contributed by atoms with Crippen LogP contribution in [0.2, 0.25) is 0 Å². The number of hydrogen-bond acceptors (Lipinski definition) is 7. The fraction of sp³-hybridized carbons (Fsp3) is 0.238. The maximum atomic E-state index is 12.5. The van der Waals surface area contributed by atoms with Crippen LogP contribution in [0.4, 0.5) is 5.69 Å². The van der Waals surface area contributed by atoms with E-state index >= 15 is 0 Å². The first-order valence-electron chi connectivity index (χ1n) is 9.22. The number of methoxy groups -OCH3 is 2. The minimum atomic E-state index is -0.474. The van der Waals surface area contributed by atoms with Crippen molar-refractivity contribution in [3.05, 3.63) is 63.0 Å². The highest BCUT2D eigenvalue weighted by atomic mass is 32.2. The molecule has 0 fully saturated rings. The first-order valence-corrected chi connectivity index (χ1v) is 11.4. The number of hydrogen-bond donors (Lipinski definition) is 0. The van der Waals surface area contributed by atoms with Crippen LogP contribution in [0.5, 0.6) is 11.5 Å². The van der Waals surface area contributed by atoms with Crippen LogP contribution in [0.25, 0.3) is 16.3 Å². The molecule has 0 saturated carbocycles. The van der Waals surface area contributed by atoms with Crippen molar-refractivity contribution in [3.8, 4) is 11.5 Å².